The maximum Gasteiger partial charge on any atom is 0.257 e. The van der Waals surface area contributed by atoms with Crippen molar-refractivity contribution in [3.8, 4) is 0 Å². The zero-order valence-electron chi connectivity index (χ0n) is 9.63. The Morgan fingerprint density at radius 2 is 2.00 bits per heavy atom. The monoisotopic (exact) mass is 273 g/mol. The molecule has 6 heteroatoms. The van der Waals surface area contributed by atoms with Crippen molar-refractivity contribution in [1.29, 1.82) is 0 Å². The highest BCUT2D eigenvalue weighted by atomic mass is 35.5. The second kappa shape index (κ2) is 4.70. The minimum absolute atomic E-state index is 0.288. The van der Waals surface area contributed by atoms with E-state index in [1.165, 1.54) is 18.7 Å². The van der Waals surface area contributed by atoms with E-state index in [2.05, 4.69) is 20.0 Å². The van der Waals surface area contributed by atoms with Crippen LogP contribution in [0.4, 0.5) is 5.69 Å². The second-order valence-corrected chi connectivity index (χ2v) is 4.23. The highest BCUT2D eigenvalue weighted by molar-refractivity contribution is 6.35. The summed E-state index contributed by atoms with van der Waals surface area (Å²) < 4.78 is 4.66. The molecule has 0 atom stereocenters. The van der Waals surface area contributed by atoms with Crippen LogP contribution in [0.1, 0.15) is 10.4 Å². The molecule has 94 valence electrons. The van der Waals surface area contributed by atoms with Crippen LogP contribution in [-0.2, 0) is 0 Å². The number of pyridine rings is 1. The Hall–Kier alpha value is -2.40. The van der Waals surface area contributed by atoms with E-state index in [1.54, 1.807) is 0 Å². The fourth-order valence-electron chi connectivity index (χ4n) is 1.80. The summed E-state index contributed by atoms with van der Waals surface area (Å²) in [6.45, 7) is 0. The van der Waals surface area contributed by atoms with Crippen molar-refractivity contribution in [3.63, 3.8) is 0 Å². The number of hydrogen-bond acceptors (Lipinski definition) is 4. The number of anilines is 1. The van der Waals surface area contributed by atoms with E-state index < -0.39 is 0 Å². The van der Waals surface area contributed by atoms with E-state index in [0.29, 0.717) is 16.4 Å². The highest BCUT2D eigenvalue weighted by Gasteiger charge is 2.13. The van der Waals surface area contributed by atoms with Gasteiger partial charge in [0.05, 0.1) is 11.8 Å². The lowest BCUT2D eigenvalue weighted by Crippen LogP contribution is -2.12. The molecule has 0 unspecified atom stereocenters. The number of halogens is 1. The van der Waals surface area contributed by atoms with Gasteiger partial charge in [-0.3, -0.25) is 4.79 Å². The van der Waals surface area contributed by atoms with Crippen molar-refractivity contribution in [2.45, 2.75) is 0 Å². The second-order valence-electron chi connectivity index (χ2n) is 3.88. The minimum atomic E-state index is -0.288. The van der Waals surface area contributed by atoms with E-state index in [9.17, 15) is 4.79 Å². The van der Waals surface area contributed by atoms with Crippen LogP contribution < -0.4 is 5.32 Å². The number of hydrogen-bond donors (Lipinski definition) is 1. The first-order valence-corrected chi connectivity index (χ1v) is 5.87. The van der Waals surface area contributed by atoms with Gasteiger partial charge in [-0.25, -0.2) is 4.98 Å². The number of carbonyl (C=O) groups excluding carboxylic acids is 1. The average molecular weight is 274 g/mol. The van der Waals surface area contributed by atoms with Crippen LogP contribution in [0.25, 0.3) is 10.8 Å². The van der Waals surface area contributed by atoms with Crippen LogP contribution >= 0.6 is 11.6 Å². The van der Waals surface area contributed by atoms with Crippen molar-refractivity contribution in [1.82, 2.24) is 10.1 Å². The van der Waals surface area contributed by atoms with Gasteiger partial charge in [-0.1, -0.05) is 41.0 Å². The van der Waals surface area contributed by atoms with Crippen molar-refractivity contribution in [3.05, 3.63) is 53.6 Å². The zero-order chi connectivity index (χ0) is 13.2. The van der Waals surface area contributed by atoms with Gasteiger partial charge >= 0.3 is 0 Å². The molecular formula is C13H8ClN3O2. The van der Waals surface area contributed by atoms with Crippen LogP contribution in [0.5, 0.6) is 0 Å². The van der Waals surface area contributed by atoms with E-state index in [1.807, 2.05) is 24.3 Å². The Morgan fingerprint density at radius 1 is 1.21 bits per heavy atom. The molecule has 1 amide bonds. The average Bonchev–Trinajstić information content (AvgIpc) is 2.92. The Labute approximate surface area is 113 Å². The molecule has 3 rings (SSSR count). The van der Waals surface area contributed by atoms with Crippen LogP contribution in [0.15, 0.2) is 47.4 Å². The highest BCUT2D eigenvalue weighted by Crippen LogP contribution is 2.24. The molecule has 5 nitrogen and oxygen atoms in total. The lowest BCUT2D eigenvalue weighted by Gasteiger charge is -2.06. The van der Waals surface area contributed by atoms with Gasteiger partial charge in [0.15, 0.2) is 0 Å². The predicted molar refractivity (Wildman–Crippen MR) is 71.2 cm³/mol. The molecule has 0 aliphatic carbocycles. The Bertz CT molecular complexity index is 741. The van der Waals surface area contributed by atoms with Crippen molar-refractivity contribution in [2.24, 2.45) is 0 Å². The summed E-state index contributed by atoms with van der Waals surface area (Å²) in [6.07, 6.45) is 4.22. The van der Waals surface area contributed by atoms with E-state index in [4.69, 9.17) is 11.6 Å². The zero-order valence-corrected chi connectivity index (χ0v) is 10.4. The van der Waals surface area contributed by atoms with Gasteiger partial charge in [-0.05, 0) is 5.39 Å². The lowest BCUT2D eigenvalue weighted by atomic mass is 10.1. The molecule has 0 aliphatic rings. The van der Waals surface area contributed by atoms with Gasteiger partial charge in [0.25, 0.3) is 5.91 Å². The Morgan fingerprint density at radius 3 is 2.74 bits per heavy atom. The normalized spacial score (nSPS) is 10.6. The maximum absolute atomic E-state index is 12.2. The molecule has 0 radical (unpaired) electrons. The first-order valence-electron chi connectivity index (χ1n) is 5.49. The van der Waals surface area contributed by atoms with Crippen molar-refractivity contribution in [2.75, 3.05) is 5.32 Å². The third-order valence-corrected chi connectivity index (χ3v) is 2.98. The van der Waals surface area contributed by atoms with Crippen LogP contribution in [-0.4, -0.2) is 16.0 Å². The first kappa shape index (κ1) is 11.7. The Kier molecular flexibility index (Phi) is 2.89. The van der Waals surface area contributed by atoms with Crippen molar-refractivity contribution >= 4 is 34.0 Å². The Balaban J connectivity index is 2.05. The number of aromatic nitrogens is 2. The van der Waals surface area contributed by atoms with Gasteiger partial charge in [0.2, 0.25) is 0 Å². The molecule has 2 heterocycles. The predicted octanol–water partition coefficient (Wildman–Crippen LogP) is 3.13. The van der Waals surface area contributed by atoms with Crippen LogP contribution in [0, 0.1) is 0 Å². The van der Waals surface area contributed by atoms with Gasteiger partial charge in [-0.15, -0.1) is 0 Å². The number of amides is 1. The molecule has 0 aliphatic heterocycles. The van der Waals surface area contributed by atoms with Gasteiger partial charge in [0, 0.05) is 11.6 Å². The van der Waals surface area contributed by atoms with E-state index >= 15 is 0 Å². The summed E-state index contributed by atoms with van der Waals surface area (Å²) >= 11 is 6.01. The fourth-order valence-corrected chi connectivity index (χ4v) is 2.02. The number of fused-ring (bicyclic) bond motifs is 1. The molecule has 0 fully saturated rings. The van der Waals surface area contributed by atoms with E-state index in [-0.39, 0.29) is 5.91 Å². The van der Waals surface area contributed by atoms with Gasteiger partial charge in [0.1, 0.15) is 17.1 Å². The summed E-state index contributed by atoms with van der Waals surface area (Å²) in [5, 5.41) is 8.05. The number of rotatable bonds is 2. The van der Waals surface area contributed by atoms with Gasteiger partial charge in [-0.2, -0.15) is 0 Å². The summed E-state index contributed by atoms with van der Waals surface area (Å²) in [5.41, 5.74) is 0.935. The smallest absolute Gasteiger partial charge is 0.257 e. The third-order valence-electron chi connectivity index (χ3n) is 2.68. The molecule has 0 spiro atoms. The molecule has 1 N–H and O–H groups in total. The molecule has 1 aromatic carbocycles. The standard InChI is InChI=1S/C13H8ClN3O2/c14-12-10-4-2-1-3-9(10)11(6-15-12)13(18)17-8-5-16-19-7-8/h1-7H,(H,17,18). The minimum Gasteiger partial charge on any atom is -0.363 e. The van der Waals surface area contributed by atoms with Gasteiger partial charge < -0.3 is 9.84 Å². The molecule has 0 saturated heterocycles. The number of nitrogens with zero attached hydrogens (tertiary/aromatic N) is 2. The largest absolute Gasteiger partial charge is 0.363 e. The first-order chi connectivity index (χ1) is 9.25. The third kappa shape index (κ3) is 2.15. The van der Waals surface area contributed by atoms with Crippen LogP contribution in [0.2, 0.25) is 5.15 Å². The van der Waals surface area contributed by atoms with Crippen molar-refractivity contribution < 1.29 is 9.32 Å². The molecular weight excluding hydrogens is 266 g/mol. The summed E-state index contributed by atoms with van der Waals surface area (Å²) in [6, 6.07) is 7.33. The SMILES string of the molecule is O=C(Nc1cnoc1)c1cnc(Cl)c2ccccc12. The van der Waals surface area contributed by atoms with E-state index in [0.717, 1.165) is 10.8 Å². The number of nitrogens with one attached hydrogen (secondary N) is 1. The molecule has 2 aromatic heterocycles. The van der Waals surface area contributed by atoms with Crippen LogP contribution in [0.3, 0.4) is 0 Å². The summed E-state index contributed by atoms with van der Waals surface area (Å²) in [7, 11) is 0. The molecule has 19 heavy (non-hydrogen) atoms. The lowest BCUT2D eigenvalue weighted by molar-refractivity contribution is 0.102. The quantitative estimate of drug-likeness (QED) is 0.728. The maximum atomic E-state index is 12.2. The number of carbonyl (C=O) groups is 1. The topological polar surface area (TPSA) is 68.0 Å². The fraction of sp³-hybridized carbons (Fsp3) is 0. The molecule has 0 saturated carbocycles. The summed E-state index contributed by atoms with van der Waals surface area (Å²) in [5.74, 6) is -0.288. The molecule has 0 bridgehead atoms. The molecule has 3 aromatic rings. The summed E-state index contributed by atoms with van der Waals surface area (Å²) in [4.78, 5) is 16.2. The number of benzene rings is 1.